The summed E-state index contributed by atoms with van der Waals surface area (Å²) in [5.41, 5.74) is 4.88. The molecular formula is C20H17N3OS. The van der Waals surface area contributed by atoms with Gasteiger partial charge in [-0.1, -0.05) is 42.5 Å². The van der Waals surface area contributed by atoms with Crippen molar-refractivity contribution < 1.29 is 4.21 Å². The van der Waals surface area contributed by atoms with Crippen molar-refractivity contribution in [1.29, 1.82) is 0 Å². The summed E-state index contributed by atoms with van der Waals surface area (Å²) in [7, 11) is -0.991. The molecule has 5 heteroatoms. The van der Waals surface area contributed by atoms with Crippen LogP contribution in [0.2, 0.25) is 0 Å². The van der Waals surface area contributed by atoms with Crippen LogP contribution in [-0.2, 0) is 10.8 Å². The largest absolute Gasteiger partial charge is 0.283 e. The lowest BCUT2D eigenvalue weighted by atomic mass is 10.1. The van der Waals surface area contributed by atoms with Gasteiger partial charge in [0.1, 0.15) is 0 Å². The molecule has 0 fully saturated rings. The zero-order valence-corrected chi connectivity index (χ0v) is 14.8. The normalized spacial score (nSPS) is 12.4. The van der Waals surface area contributed by atoms with Gasteiger partial charge in [0.25, 0.3) is 0 Å². The summed E-state index contributed by atoms with van der Waals surface area (Å²) < 4.78 is 13.7. The predicted octanol–water partition coefficient (Wildman–Crippen LogP) is 4.11. The molecule has 0 aliphatic rings. The smallest absolute Gasteiger partial charge is 0.235 e. The summed E-state index contributed by atoms with van der Waals surface area (Å²) in [6.07, 6.45) is 3.69. The fourth-order valence-corrected chi connectivity index (χ4v) is 3.42. The highest BCUT2D eigenvalue weighted by Crippen LogP contribution is 2.32. The SMILES string of the molecule is Cc1ccn2c(-c3ccccc3)c(-c3ccc(S(C)=O)cc3)nc2n1. The number of rotatable bonds is 3. The van der Waals surface area contributed by atoms with E-state index in [1.54, 1.807) is 6.26 Å². The van der Waals surface area contributed by atoms with Crippen molar-refractivity contribution in [3.63, 3.8) is 0 Å². The number of imidazole rings is 1. The first-order valence-electron chi connectivity index (χ1n) is 7.98. The molecule has 4 aromatic rings. The third-order valence-electron chi connectivity index (χ3n) is 4.14. The average Bonchev–Trinajstić information content (AvgIpc) is 3.01. The minimum Gasteiger partial charge on any atom is -0.283 e. The summed E-state index contributed by atoms with van der Waals surface area (Å²) in [5.74, 6) is 0.678. The first-order valence-corrected chi connectivity index (χ1v) is 9.54. The zero-order valence-electron chi connectivity index (χ0n) is 14.0. The highest BCUT2D eigenvalue weighted by Gasteiger charge is 2.16. The fourth-order valence-electron chi connectivity index (χ4n) is 2.90. The van der Waals surface area contributed by atoms with Crippen LogP contribution in [0.4, 0.5) is 0 Å². The van der Waals surface area contributed by atoms with Gasteiger partial charge in [0, 0.05) is 45.0 Å². The fraction of sp³-hybridized carbons (Fsp3) is 0.100. The second kappa shape index (κ2) is 6.26. The van der Waals surface area contributed by atoms with E-state index in [4.69, 9.17) is 4.98 Å². The highest BCUT2D eigenvalue weighted by atomic mass is 32.2. The number of fused-ring (bicyclic) bond motifs is 1. The van der Waals surface area contributed by atoms with Crippen molar-refractivity contribution in [1.82, 2.24) is 14.4 Å². The van der Waals surface area contributed by atoms with Crippen LogP contribution in [0.5, 0.6) is 0 Å². The van der Waals surface area contributed by atoms with Crippen LogP contribution in [0.25, 0.3) is 28.3 Å². The Bertz CT molecular complexity index is 1070. The van der Waals surface area contributed by atoms with Crippen molar-refractivity contribution in [2.45, 2.75) is 11.8 Å². The van der Waals surface area contributed by atoms with Gasteiger partial charge in [-0.05, 0) is 25.1 Å². The van der Waals surface area contributed by atoms with E-state index >= 15 is 0 Å². The van der Waals surface area contributed by atoms with Gasteiger partial charge in [0.15, 0.2) is 0 Å². The molecule has 0 aliphatic heterocycles. The van der Waals surface area contributed by atoms with Crippen molar-refractivity contribution in [2.24, 2.45) is 0 Å². The number of aryl methyl sites for hydroxylation is 1. The number of aromatic nitrogens is 3. The third-order valence-corrected chi connectivity index (χ3v) is 5.08. The van der Waals surface area contributed by atoms with Gasteiger partial charge in [-0.3, -0.25) is 8.61 Å². The van der Waals surface area contributed by atoms with Crippen LogP contribution < -0.4 is 0 Å². The van der Waals surface area contributed by atoms with Gasteiger partial charge in [-0.2, -0.15) is 0 Å². The molecule has 2 aromatic carbocycles. The van der Waals surface area contributed by atoms with Gasteiger partial charge in [-0.25, -0.2) is 9.97 Å². The molecule has 1 atom stereocenters. The minimum absolute atomic E-state index is 0.678. The Balaban J connectivity index is 1.98. The van der Waals surface area contributed by atoms with Crippen LogP contribution in [-0.4, -0.2) is 24.8 Å². The van der Waals surface area contributed by atoms with Crippen LogP contribution >= 0.6 is 0 Å². The zero-order chi connectivity index (χ0) is 17.4. The van der Waals surface area contributed by atoms with Crippen molar-refractivity contribution in [3.8, 4) is 22.5 Å². The Hall–Kier alpha value is -2.79. The number of hydrogen-bond acceptors (Lipinski definition) is 3. The van der Waals surface area contributed by atoms with Gasteiger partial charge in [0.2, 0.25) is 5.78 Å². The Morgan fingerprint density at radius 2 is 1.60 bits per heavy atom. The highest BCUT2D eigenvalue weighted by molar-refractivity contribution is 7.84. The van der Waals surface area contributed by atoms with E-state index in [1.807, 2.05) is 66.1 Å². The molecule has 0 aliphatic carbocycles. The van der Waals surface area contributed by atoms with Crippen LogP contribution in [0.1, 0.15) is 5.69 Å². The summed E-state index contributed by atoms with van der Waals surface area (Å²) >= 11 is 0. The average molecular weight is 347 g/mol. The molecule has 0 saturated heterocycles. The lowest BCUT2D eigenvalue weighted by molar-refractivity contribution is 0.687. The Morgan fingerprint density at radius 3 is 2.28 bits per heavy atom. The molecule has 0 saturated carbocycles. The predicted molar refractivity (Wildman–Crippen MR) is 101 cm³/mol. The van der Waals surface area contributed by atoms with Gasteiger partial charge < -0.3 is 0 Å². The van der Waals surface area contributed by atoms with Gasteiger partial charge >= 0.3 is 0 Å². The second-order valence-corrected chi connectivity index (χ2v) is 7.27. The molecule has 2 aromatic heterocycles. The maximum absolute atomic E-state index is 11.6. The van der Waals surface area contributed by atoms with Crippen molar-refractivity contribution in [3.05, 3.63) is 72.6 Å². The monoisotopic (exact) mass is 347 g/mol. The summed E-state index contributed by atoms with van der Waals surface area (Å²) in [4.78, 5) is 10.1. The lowest BCUT2D eigenvalue weighted by Gasteiger charge is -2.06. The molecule has 0 amide bonds. The van der Waals surface area contributed by atoms with E-state index in [2.05, 4.69) is 17.1 Å². The molecule has 25 heavy (non-hydrogen) atoms. The summed E-state index contributed by atoms with van der Waals surface area (Å²) in [6.45, 7) is 1.96. The van der Waals surface area contributed by atoms with Crippen LogP contribution in [0, 0.1) is 6.92 Å². The van der Waals surface area contributed by atoms with Crippen molar-refractivity contribution >= 4 is 16.6 Å². The molecule has 4 nitrogen and oxygen atoms in total. The number of benzene rings is 2. The molecule has 0 N–H and O–H groups in total. The van der Waals surface area contributed by atoms with Crippen molar-refractivity contribution in [2.75, 3.05) is 6.26 Å². The molecule has 0 bridgehead atoms. The van der Waals surface area contributed by atoms with Gasteiger partial charge in [0.05, 0.1) is 11.4 Å². The molecule has 0 spiro atoms. The van der Waals surface area contributed by atoms with E-state index in [0.717, 1.165) is 33.1 Å². The maximum Gasteiger partial charge on any atom is 0.235 e. The summed E-state index contributed by atoms with van der Waals surface area (Å²) in [5, 5.41) is 0. The van der Waals surface area contributed by atoms with E-state index in [1.165, 1.54) is 0 Å². The van der Waals surface area contributed by atoms with Crippen LogP contribution in [0.15, 0.2) is 71.8 Å². The molecule has 124 valence electrons. The lowest BCUT2D eigenvalue weighted by Crippen LogP contribution is -1.92. The Kier molecular flexibility index (Phi) is 3.93. The molecule has 4 rings (SSSR count). The summed E-state index contributed by atoms with van der Waals surface area (Å²) in [6, 6.07) is 19.9. The topological polar surface area (TPSA) is 47.3 Å². The standard InChI is InChI=1S/C20H17N3OS/c1-14-12-13-23-19(16-6-4-3-5-7-16)18(22-20(23)21-14)15-8-10-17(11-9-15)25(2)24/h3-13H,1-2H3. The minimum atomic E-state index is -0.991. The van der Waals surface area contributed by atoms with E-state index in [-0.39, 0.29) is 0 Å². The molecule has 0 radical (unpaired) electrons. The van der Waals surface area contributed by atoms with Crippen LogP contribution in [0.3, 0.4) is 0 Å². The third kappa shape index (κ3) is 2.87. The second-order valence-electron chi connectivity index (χ2n) is 5.89. The quantitative estimate of drug-likeness (QED) is 0.560. The Labute approximate surface area is 148 Å². The number of nitrogens with zero attached hydrogens (tertiary/aromatic N) is 3. The Morgan fingerprint density at radius 1 is 0.880 bits per heavy atom. The molecule has 2 heterocycles. The van der Waals surface area contributed by atoms with E-state index in [9.17, 15) is 4.21 Å². The molecular weight excluding hydrogens is 330 g/mol. The first kappa shape index (κ1) is 15.7. The first-order chi connectivity index (χ1) is 12.1. The molecule has 1 unspecified atom stereocenters. The van der Waals surface area contributed by atoms with Gasteiger partial charge in [-0.15, -0.1) is 0 Å². The van der Waals surface area contributed by atoms with E-state index in [0.29, 0.717) is 5.78 Å². The number of hydrogen-bond donors (Lipinski definition) is 0. The van der Waals surface area contributed by atoms with E-state index < -0.39 is 10.8 Å². The maximum atomic E-state index is 11.6.